The van der Waals surface area contributed by atoms with Crippen molar-refractivity contribution < 1.29 is 4.92 Å². The summed E-state index contributed by atoms with van der Waals surface area (Å²) in [4.78, 5) is 17.8. The molecule has 1 heterocycles. The molecule has 0 bridgehead atoms. The largest absolute Gasteiger partial charge is 0.376 e. The van der Waals surface area contributed by atoms with Crippen LogP contribution in [0.3, 0.4) is 0 Å². The molecule has 0 saturated heterocycles. The highest BCUT2D eigenvalue weighted by Crippen LogP contribution is 2.26. The van der Waals surface area contributed by atoms with Crippen LogP contribution in [0.2, 0.25) is 10.3 Å². The van der Waals surface area contributed by atoms with Crippen LogP contribution in [0, 0.1) is 10.1 Å². The fourth-order valence-corrected chi connectivity index (χ4v) is 1.91. The standard InChI is InChI=1S/C11H8Cl2N4O2/c12-10-9(11(13)16-6-15-10)14-5-7-2-1-3-8(4-7)17(18)19/h1-4,6,14H,5H2. The fourth-order valence-electron chi connectivity index (χ4n) is 1.46. The van der Waals surface area contributed by atoms with Crippen molar-refractivity contribution in [2.45, 2.75) is 6.54 Å². The smallest absolute Gasteiger partial charge is 0.269 e. The van der Waals surface area contributed by atoms with Crippen LogP contribution in [-0.2, 0) is 6.54 Å². The van der Waals surface area contributed by atoms with E-state index in [-0.39, 0.29) is 16.0 Å². The lowest BCUT2D eigenvalue weighted by Crippen LogP contribution is -2.03. The van der Waals surface area contributed by atoms with Gasteiger partial charge in [0.25, 0.3) is 5.69 Å². The van der Waals surface area contributed by atoms with E-state index in [0.29, 0.717) is 12.2 Å². The van der Waals surface area contributed by atoms with E-state index >= 15 is 0 Å². The Kier molecular flexibility index (Phi) is 4.13. The van der Waals surface area contributed by atoms with E-state index in [4.69, 9.17) is 23.2 Å². The molecule has 0 atom stereocenters. The third-order valence-corrected chi connectivity index (χ3v) is 2.92. The first-order valence-electron chi connectivity index (χ1n) is 5.21. The summed E-state index contributed by atoms with van der Waals surface area (Å²) in [6.45, 7) is 0.328. The van der Waals surface area contributed by atoms with Gasteiger partial charge in [-0.3, -0.25) is 10.1 Å². The zero-order chi connectivity index (χ0) is 13.8. The molecule has 0 radical (unpaired) electrons. The summed E-state index contributed by atoms with van der Waals surface area (Å²) >= 11 is 11.7. The quantitative estimate of drug-likeness (QED) is 0.532. The van der Waals surface area contributed by atoms with Crippen molar-refractivity contribution in [3.63, 3.8) is 0 Å². The van der Waals surface area contributed by atoms with Crippen molar-refractivity contribution >= 4 is 34.6 Å². The Hall–Kier alpha value is -1.92. The molecule has 0 spiro atoms. The van der Waals surface area contributed by atoms with Gasteiger partial charge in [0, 0.05) is 18.7 Å². The summed E-state index contributed by atoms with van der Waals surface area (Å²) in [6.07, 6.45) is 1.25. The minimum absolute atomic E-state index is 0.0285. The van der Waals surface area contributed by atoms with Gasteiger partial charge in [0.15, 0.2) is 10.3 Å². The Morgan fingerprint density at radius 2 is 1.95 bits per heavy atom. The average molecular weight is 299 g/mol. The number of nitro groups is 1. The molecule has 1 aromatic carbocycles. The molecule has 0 saturated carbocycles. The summed E-state index contributed by atoms with van der Waals surface area (Å²) in [5, 5.41) is 14.0. The number of anilines is 1. The van der Waals surface area contributed by atoms with Gasteiger partial charge in [-0.2, -0.15) is 0 Å². The molecule has 6 nitrogen and oxygen atoms in total. The topological polar surface area (TPSA) is 81.0 Å². The lowest BCUT2D eigenvalue weighted by Gasteiger charge is -2.08. The number of benzene rings is 1. The first-order chi connectivity index (χ1) is 9.08. The lowest BCUT2D eigenvalue weighted by molar-refractivity contribution is -0.384. The number of nitro benzene ring substituents is 1. The summed E-state index contributed by atoms with van der Waals surface area (Å²) < 4.78 is 0. The van der Waals surface area contributed by atoms with Crippen LogP contribution < -0.4 is 5.32 Å². The minimum Gasteiger partial charge on any atom is -0.376 e. The number of non-ortho nitro benzene ring substituents is 1. The van der Waals surface area contributed by atoms with Gasteiger partial charge in [0.2, 0.25) is 0 Å². The minimum atomic E-state index is -0.449. The molecule has 0 aliphatic rings. The van der Waals surface area contributed by atoms with E-state index in [9.17, 15) is 10.1 Å². The summed E-state index contributed by atoms with van der Waals surface area (Å²) in [6, 6.07) is 6.26. The highest BCUT2D eigenvalue weighted by molar-refractivity contribution is 6.37. The molecule has 1 aromatic heterocycles. The molecule has 0 unspecified atom stereocenters. The van der Waals surface area contributed by atoms with Crippen LogP contribution in [0.5, 0.6) is 0 Å². The van der Waals surface area contributed by atoms with Crippen LogP contribution in [-0.4, -0.2) is 14.9 Å². The molecule has 2 aromatic rings. The average Bonchev–Trinajstić information content (AvgIpc) is 2.38. The van der Waals surface area contributed by atoms with E-state index in [1.807, 2.05) is 0 Å². The molecule has 8 heteroatoms. The maximum Gasteiger partial charge on any atom is 0.269 e. The lowest BCUT2D eigenvalue weighted by atomic mass is 10.2. The van der Waals surface area contributed by atoms with Crippen molar-refractivity contribution in [3.8, 4) is 0 Å². The van der Waals surface area contributed by atoms with Crippen molar-refractivity contribution in [2.24, 2.45) is 0 Å². The van der Waals surface area contributed by atoms with E-state index in [1.54, 1.807) is 12.1 Å². The fraction of sp³-hybridized carbons (Fsp3) is 0.0909. The Bertz CT molecular complexity index is 601. The molecular formula is C11H8Cl2N4O2. The van der Waals surface area contributed by atoms with E-state index < -0.39 is 4.92 Å². The van der Waals surface area contributed by atoms with Gasteiger partial charge < -0.3 is 5.32 Å². The van der Waals surface area contributed by atoms with Crippen molar-refractivity contribution in [3.05, 3.63) is 56.6 Å². The Balaban J connectivity index is 2.15. The second kappa shape index (κ2) is 5.81. The number of hydrogen-bond acceptors (Lipinski definition) is 5. The highest BCUT2D eigenvalue weighted by atomic mass is 35.5. The third-order valence-electron chi connectivity index (χ3n) is 2.35. The number of aromatic nitrogens is 2. The maximum atomic E-state index is 10.7. The predicted octanol–water partition coefficient (Wildman–Crippen LogP) is 3.30. The van der Waals surface area contributed by atoms with Crippen LogP contribution in [0.4, 0.5) is 11.4 Å². The molecule has 0 aliphatic carbocycles. The van der Waals surface area contributed by atoms with Gasteiger partial charge >= 0.3 is 0 Å². The summed E-state index contributed by atoms with van der Waals surface area (Å²) in [7, 11) is 0. The van der Waals surface area contributed by atoms with Gasteiger partial charge in [0.1, 0.15) is 12.0 Å². The molecule has 98 valence electrons. The van der Waals surface area contributed by atoms with Crippen molar-refractivity contribution in [1.29, 1.82) is 0 Å². The van der Waals surface area contributed by atoms with Gasteiger partial charge in [-0.15, -0.1) is 0 Å². The maximum absolute atomic E-state index is 10.7. The number of halogens is 2. The molecule has 0 aliphatic heterocycles. The molecule has 0 amide bonds. The number of rotatable bonds is 4. The molecule has 19 heavy (non-hydrogen) atoms. The van der Waals surface area contributed by atoms with Gasteiger partial charge in [-0.25, -0.2) is 9.97 Å². The van der Waals surface area contributed by atoms with Crippen LogP contribution in [0.25, 0.3) is 0 Å². The normalized spacial score (nSPS) is 10.2. The second-order valence-corrected chi connectivity index (χ2v) is 4.33. The van der Waals surface area contributed by atoms with Crippen LogP contribution in [0.15, 0.2) is 30.6 Å². The Morgan fingerprint density at radius 3 is 2.58 bits per heavy atom. The zero-order valence-corrected chi connectivity index (χ0v) is 11.0. The van der Waals surface area contributed by atoms with E-state index in [0.717, 1.165) is 5.56 Å². The third kappa shape index (κ3) is 3.30. The number of hydrogen-bond donors (Lipinski definition) is 1. The Morgan fingerprint density at radius 1 is 1.26 bits per heavy atom. The molecule has 1 N–H and O–H groups in total. The van der Waals surface area contributed by atoms with Crippen LogP contribution in [0.1, 0.15) is 5.56 Å². The molecule has 2 rings (SSSR count). The number of nitrogens with one attached hydrogen (secondary N) is 1. The van der Waals surface area contributed by atoms with E-state index in [2.05, 4.69) is 15.3 Å². The van der Waals surface area contributed by atoms with Gasteiger partial charge in [-0.05, 0) is 5.56 Å². The van der Waals surface area contributed by atoms with Crippen molar-refractivity contribution in [1.82, 2.24) is 9.97 Å². The highest BCUT2D eigenvalue weighted by Gasteiger charge is 2.09. The first-order valence-corrected chi connectivity index (χ1v) is 5.96. The second-order valence-electron chi connectivity index (χ2n) is 3.61. The Labute approximate surface area is 118 Å². The monoisotopic (exact) mass is 298 g/mol. The van der Waals surface area contributed by atoms with E-state index in [1.165, 1.54) is 18.5 Å². The predicted molar refractivity (Wildman–Crippen MR) is 72.5 cm³/mol. The van der Waals surface area contributed by atoms with Gasteiger partial charge in [0.05, 0.1) is 4.92 Å². The SMILES string of the molecule is O=[N+]([O-])c1cccc(CNc2c(Cl)ncnc2Cl)c1. The van der Waals surface area contributed by atoms with Crippen LogP contribution >= 0.6 is 23.2 Å². The number of nitrogens with zero attached hydrogens (tertiary/aromatic N) is 3. The van der Waals surface area contributed by atoms with Gasteiger partial charge in [-0.1, -0.05) is 35.3 Å². The molecule has 0 fully saturated rings. The first kappa shape index (κ1) is 13.5. The summed E-state index contributed by atoms with van der Waals surface area (Å²) in [5.41, 5.74) is 1.16. The van der Waals surface area contributed by atoms with Crippen molar-refractivity contribution in [2.75, 3.05) is 5.32 Å². The summed E-state index contributed by atoms with van der Waals surface area (Å²) in [5.74, 6) is 0. The molecular weight excluding hydrogens is 291 g/mol. The zero-order valence-electron chi connectivity index (χ0n) is 9.51.